The first-order chi connectivity index (χ1) is 9.45. The molecule has 3 amide bonds. The second-order valence-corrected chi connectivity index (χ2v) is 4.98. The number of halogens is 1. The summed E-state index contributed by atoms with van der Waals surface area (Å²) >= 11 is 6.01. The fraction of sp³-hybridized carbons (Fsp3) is 0.308. The van der Waals surface area contributed by atoms with Gasteiger partial charge in [0.25, 0.3) is 0 Å². The Morgan fingerprint density at radius 3 is 2.65 bits per heavy atom. The lowest BCUT2D eigenvalue weighted by Gasteiger charge is -2.11. The molecule has 0 bridgehead atoms. The van der Waals surface area contributed by atoms with Crippen LogP contribution in [0.25, 0.3) is 0 Å². The summed E-state index contributed by atoms with van der Waals surface area (Å²) in [6, 6.07) is 4.80. The van der Waals surface area contributed by atoms with Crippen molar-refractivity contribution >= 4 is 40.7 Å². The van der Waals surface area contributed by atoms with Gasteiger partial charge in [-0.25, -0.2) is 0 Å². The van der Waals surface area contributed by atoms with Crippen LogP contribution in [0.2, 0.25) is 5.02 Å². The Labute approximate surface area is 120 Å². The molecular weight excluding hydrogens is 282 g/mol. The van der Waals surface area contributed by atoms with Crippen LogP contribution in [0.3, 0.4) is 0 Å². The van der Waals surface area contributed by atoms with Gasteiger partial charge in [-0.15, -0.1) is 0 Å². The third-order valence-corrected chi connectivity index (χ3v) is 3.21. The molecule has 20 heavy (non-hydrogen) atoms. The van der Waals surface area contributed by atoms with Gasteiger partial charge in [-0.1, -0.05) is 11.6 Å². The van der Waals surface area contributed by atoms with E-state index < -0.39 is 0 Å². The minimum Gasteiger partial charge on any atom is -0.355 e. The van der Waals surface area contributed by atoms with Crippen molar-refractivity contribution in [2.45, 2.75) is 13.3 Å². The summed E-state index contributed by atoms with van der Waals surface area (Å²) in [5.74, 6) is -0.939. The van der Waals surface area contributed by atoms with Crippen molar-refractivity contribution in [1.82, 2.24) is 5.32 Å². The van der Waals surface area contributed by atoms with Crippen LogP contribution in [-0.2, 0) is 14.4 Å². The maximum absolute atomic E-state index is 11.9. The lowest BCUT2D eigenvalue weighted by atomic mass is 10.1. The Kier molecular flexibility index (Phi) is 4.24. The van der Waals surface area contributed by atoms with Crippen molar-refractivity contribution in [2.24, 2.45) is 5.92 Å². The van der Waals surface area contributed by atoms with Gasteiger partial charge in [0, 0.05) is 25.6 Å². The SMILES string of the molecule is CC(=O)Nc1ccc(NC(=O)C2CNC(=O)C2)cc1Cl. The summed E-state index contributed by atoms with van der Waals surface area (Å²) in [5, 5.41) is 8.21. The molecule has 0 aromatic heterocycles. The van der Waals surface area contributed by atoms with Crippen LogP contribution in [0.1, 0.15) is 13.3 Å². The molecule has 7 heteroatoms. The number of rotatable bonds is 3. The topological polar surface area (TPSA) is 87.3 Å². The minimum absolute atomic E-state index is 0.121. The Morgan fingerprint density at radius 1 is 1.35 bits per heavy atom. The maximum atomic E-state index is 11.9. The number of carbonyl (C=O) groups is 3. The highest BCUT2D eigenvalue weighted by Crippen LogP contribution is 2.26. The summed E-state index contributed by atoms with van der Waals surface area (Å²) in [5.41, 5.74) is 1.00. The summed E-state index contributed by atoms with van der Waals surface area (Å²) in [7, 11) is 0. The fourth-order valence-electron chi connectivity index (χ4n) is 1.92. The molecule has 1 unspecified atom stereocenters. The smallest absolute Gasteiger partial charge is 0.229 e. The van der Waals surface area contributed by atoms with Crippen molar-refractivity contribution in [3.8, 4) is 0 Å². The van der Waals surface area contributed by atoms with Gasteiger partial charge in [-0.2, -0.15) is 0 Å². The monoisotopic (exact) mass is 295 g/mol. The van der Waals surface area contributed by atoms with E-state index in [0.717, 1.165) is 0 Å². The average Bonchev–Trinajstić information content (AvgIpc) is 2.79. The Morgan fingerprint density at radius 2 is 2.10 bits per heavy atom. The van der Waals surface area contributed by atoms with Gasteiger partial charge < -0.3 is 16.0 Å². The molecular formula is C13H14ClN3O3. The largest absolute Gasteiger partial charge is 0.355 e. The van der Waals surface area contributed by atoms with E-state index in [9.17, 15) is 14.4 Å². The zero-order valence-electron chi connectivity index (χ0n) is 10.8. The van der Waals surface area contributed by atoms with Crippen molar-refractivity contribution in [3.63, 3.8) is 0 Å². The van der Waals surface area contributed by atoms with Gasteiger partial charge in [0.1, 0.15) is 0 Å². The highest BCUT2D eigenvalue weighted by molar-refractivity contribution is 6.34. The molecule has 3 N–H and O–H groups in total. The fourth-order valence-corrected chi connectivity index (χ4v) is 2.15. The minimum atomic E-state index is -0.365. The van der Waals surface area contributed by atoms with Crippen LogP contribution in [0.5, 0.6) is 0 Å². The molecule has 1 aromatic carbocycles. The third kappa shape index (κ3) is 3.48. The Bertz CT molecular complexity index is 574. The molecule has 1 aromatic rings. The zero-order valence-corrected chi connectivity index (χ0v) is 11.6. The first-order valence-corrected chi connectivity index (χ1v) is 6.48. The third-order valence-electron chi connectivity index (χ3n) is 2.90. The molecule has 1 fully saturated rings. The number of nitrogens with one attached hydrogen (secondary N) is 3. The van der Waals surface area contributed by atoms with Crippen LogP contribution >= 0.6 is 11.6 Å². The van der Waals surface area contributed by atoms with E-state index in [1.165, 1.54) is 6.92 Å². The van der Waals surface area contributed by atoms with E-state index in [1.54, 1.807) is 18.2 Å². The number of anilines is 2. The number of hydrogen-bond acceptors (Lipinski definition) is 3. The van der Waals surface area contributed by atoms with Gasteiger partial charge in [-0.05, 0) is 18.2 Å². The second kappa shape index (κ2) is 5.92. The molecule has 1 saturated heterocycles. The number of hydrogen-bond donors (Lipinski definition) is 3. The number of amides is 3. The normalized spacial score (nSPS) is 17.5. The van der Waals surface area contributed by atoms with Gasteiger partial charge in [0.05, 0.1) is 16.6 Å². The maximum Gasteiger partial charge on any atom is 0.229 e. The average molecular weight is 296 g/mol. The molecule has 0 saturated carbocycles. The standard InChI is InChI=1S/C13H14ClN3O3/c1-7(18)16-11-3-2-9(5-10(11)14)17-13(20)8-4-12(19)15-6-8/h2-3,5,8H,4,6H2,1H3,(H,15,19)(H,16,18)(H,17,20). The quantitative estimate of drug-likeness (QED) is 0.787. The molecule has 2 rings (SSSR count). The second-order valence-electron chi connectivity index (χ2n) is 4.57. The van der Waals surface area contributed by atoms with E-state index >= 15 is 0 Å². The van der Waals surface area contributed by atoms with Crippen LogP contribution < -0.4 is 16.0 Å². The van der Waals surface area contributed by atoms with Crippen LogP contribution in [-0.4, -0.2) is 24.3 Å². The van der Waals surface area contributed by atoms with Gasteiger partial charge >= 0.3 is 0 Å². The molecule has 1 heterocycles. The molecule has 6 nitrogen and oxygen atoms in total. The molecule has 1 aliphatic rings. The van der Waals surface area contributed by atoms with Crippen molar-refractivity contribution in [2.75, 3.05) is 17.2 Å². The van der Waals surface area contributed by atoms with Crippen molar-refractivity contribution in [1.29, 1.82) is 0 Å². The van der Waals surface area contributed by atoms with E-state index in [2.05, 4.69) is 16.0 Å². The van der Waals surface area contributed by atoms with Crippen LogP contribution in [0.4, 0.5) is 11.4 Å². The zero-order chi connectivity index (χ0) is 14.7. The van der Waals surface area contributed by atoms with E-state index in [0.29, 0.717) is 22.9 Å². The molecule has 1 aliphatic heterocycles. The van der Waals surface area contributed by atoms with E-state index in [-0.39, 0.29) is 30.1 Å². The van der Waals surface area contributed by atoms with Gasteiger partial charge in [-0.3, -0.25) is 14.4 Å². The number of benzene rings is 1. The Balaban J connectivity index is 2.03. The van der Waals surface area contributed by atoms with Gasteiger partial charge in [0.2, 0.25) is 17.7 Å². The van der Waals surface area contributed by atoms with Crippen molar-refractivity contribution < 1.29 is 14.4 Å². The van der Waals surface area contributed by atoms with Crippen LogP contribution in [0, 0.1) is 5.92 Å². The predicted molar refractivity (Wildman–Crippen MR) is 75.5 cm³/mol. The molecule has 106 valence electrons. The summed E-state index contributed by atoms with van der Waals surface area (Å²) < 4.78 is 0. The highest BCUT2D eigenvalue weighted by atomic mass is 35.5. The molecule has 0 radical (unpaired) electrons. The van der Waals surface area contributed by atoms with Crippen LogP contribution in [0.15, 0.2) is 18.2 Å². The predicted octanol–water partition coefficient (Wildman–Crippen LogP) is 1.37. The first-order valence-electron chi connectivity index (χ1n) is 6.10. The summed E-state index contributed by atoms with van der Waals surface area (Å²) in [6.07, 6.45) is 0.198. The lowest BCUT2D eigenvalue weighted by Crippen LogP contribution is -2.24. The Hall–Kier alpha value is -2.08. The summed E-state index contributed by atoms with van der Waals surface area (Å²) in [6.45, 7) is 1.73. The summed E-state index contributed by atoms with van der Waals surface area (Å²) in [4.78, 5) is 33.9. The first kappa shape index (κ1) is 14.3. The van der Waals surface area contributed by atoms with E-state index in [4.69, 9.17) is 11.6 Å². The molecule has 0 spiro atoms. The van der Waals surface area contributed by atoms with E-state index in [1.807, 2.05) is 0 Å². The molecule has 1 atom stereocenters. The molecule has 0 aliphatic carbocycles. The number of carbonyl (C=O) groups excluding carboxylic acids is 3. The van der Waals surface area contributed by atoms with Gasteiger partial charge in [0.15, 0.2) is 0 Å². The lowest BCUT2D eigenvalue weighted by molar-refractivity contribution is -0.123. The highest BCUT2D eigenvalue weighted by Gasteiger charge is 2.27. The van der Waals surface area contributed by atoms with Crippen molar-refractivity contribution in [3.05, 3.63) is 23.2 Å².